The first-order valence-electron chi connectivity index (χ1n) is 3.72. The first-order chi connectivity index (χ1) is 5.60. The molecule has 0 rings (SSSR count). The van der Waals surface area contributed by atoms with E-state index in [0.717, 1.165) is 11.8 Å². The second-order valence-electron chi connectivity index (χ2n) is 2.52. The van der Waals surface area contributed by atoms with E-state index in [9.17, 15) is 4.79 Å². The van der Waals surface area contributed by atoms with Crippen LogP contribution in [0.3, 0.4) is 0 Å². The van der Waals surface area contributed by atoms with Gasteiger partial charge in [0.15, 0.2) is 0 Å². The highest BCUT2D eigenvalue weighted by Gasteiger charge is 2.11. The summed E-state index contributed by atoms with van der Waals surface area (Å²) in [5, 5.41) is 17.4. The minimum Gasteiger partial charge on any atom is -0.394 e. The fourth-order valence-electron chi connectivity index (χ4n) is 0.752. The van der Waals surface area contributed by atoms with Crippen LogP contribution in [-0.4, -0.2) is 33.3 Å². The van der Waals surface area contributed by atoms with Crippen LogP contribution in [0.4, 0.5) is 0 Å². The van der Waals surface area contributed by atoms with Crippen molar-refractivity contribution in [2.75, 3.05) is 6.61 Å². The van der Waals surface area contributed by atoms with Crippen molar-refractivity contribution in [1.29, 1.82) is 0 Å². The van der Waals surface area contributed by atoms with Crippen molar-refractivity contribution >= 4 is 16.9 Å². The average Bonchev–Trinajstić information content (AvgIpc) is 2.03. The quantitative estimate of drug-likeness (QED) is 0.622. The third-order valence-electron chi connectivity index (χ3n) is 1.30. The largest absolute Gasteiger partial charge is 0.394 e. The van der Waals surface area contributed by atoms with Crippen LogP contribution in [0, 0.1) is 0 Å². The standard InChI is InChI=1S/C8H14O3S/c1-3-8(11)12-6(2)4-7(10)5-9/h3,6-7,9-10H,1,4-5H2,2H3. The molecule has 2 atom stereocenters. The Morgan fingerprint density at radius 3 is 2.75 bits per heavy atom. The molecule has 0 aromatic carbocycles. The summed E-state index contributed by atoms with van der Waals surface area (Å²) in [7, 11) is 0. The fourth-order valence-corrected chi connectivity index (χ4v) is 1.56. The van der Waals surface area contributed by atoms with E-state index in [4.69, 9.17) is 10.2 Å². The van der Waals surface area contributed by atoms with Crippen molar-refractivity contribution in [3.63, 3.8) is 0 Å². The van der Waals surface area contributed by atoms with Gasteiger partial charge < -0.3 is 10.2 Å². The summed E-state index contributed by atoms with van der Waals surface area (Å²) in [6.45, 7) is 4.90. The normalized spacial score (nSPS) is 15.2. The maximum Gasteiger partial charge on any atom is 0.211 e. The van der Waals surface area contributed by atoms with Gasteiger partial charge in [-0.3, -0.25) is 4.79 Å². The predicted molar refractivity (Wildman–Crippen MR) is 50.0 cm³/mol. The SMILES string of the molecule is C=CC(=O)SC(C)CC(O)CO. The molecule has 4 heteroatoms. The lowest BCUT2D eigenvalue weighted by molar-refractivity contribution is -0.107. The van der Waals surface area contributed by atoms with Crippen molar-refractivity contribution in [2.45, 2.75) is 24.7 Å². The first-order valence-corrected chi connectivity index (χ1v) is 4.60. The molecule has 0 aliphatic rings. The number of aliphatic hydroxyl groups excluding tert-OH is 2. The van der Waals surface area contributed by atoms with Crippen LogP contribution in [0.1, 0.15) is 13.3 Å². The number of aliphatic hydroxyl groups is 2. The Bertz CT molecular complexity index is 158. The molecule has 2 unspecified atom stereocenters. The monoisotopic (exact) mass is 190 g/mol. The Balaban J connectivity index is 3.65. The van der Waals surface area contributed by atoms with Gasteiger partial charge in [-0.1, -0.05) is 25.3 Å². The zero-order chi connectivity index (χ0) is 9.56. The summed E-state index contributed by atoms with van der Waals surface area (Å²) < 4.78 is 0. The van der Waals surface area contributed by atoms with Crippen LogP contribution in [0.5, 0.6) is 0 Å². The van der Waals surface area contributed by atoms with Gasteiger partial charge in [0, 0.05) is 5.25 Å². The van der Waals surface area contributed by atoms with Crippen LogP contribution in [0.2, 0.25) is 0 Å². The van der Waals surface area contributed by atoms with E-state index in [1.807, 2.05) is 6.92 Å². The first kappa shape index (κ1) is 11.7. The number of hydrogen-bond donors (Lipinski definition) is 2. The molecule has 70 valence electrons. The Morgan fingerprint density at radius 1 is 1.75 bits per heavy atom. The van der Waals surface area contributed by atoms with Gasteiger partial charge in [0.2, 0.25) is 5.12 Å². The highest BCUT2D eigenvalue weighted by Crippen LogP contribution is 2.16. The Kier molecular flexibility index (Phi) is 6.06. The van der Waals surface area contributed by atoms with E-state index < -0.39 is 6.10 Å². The minimum absolute atomic E-state index is 0.0117. The van der Waals surface area contributed by atoms with Gasteiger partial charge in [0.1, 0.15) is 0 Å². The fraction of sp³-hybridized carbons (Fsp3) is 0.625. The van der Waals surface area contributed by atoms with Gasteiger partial charge in [0.25, 0.3) is 0 Å². The molecule has 0 aromatic rings. The summed E-state index contributed by atoms with van der Waals surface area (Å²) in [6, 6.07) is 0. The summed E-state index contributed by atoms with van der Waals surface area (Å²) in [5.41, 5.74) is 0. The van der Waals surface area contributed by atoms with Gasteiger partial charge in [0.05, 0.1) is 12.7 Å². The smallest absolute Gasteiger partial charge is 0.211 e. The molecule has 0 bridgehead atoms. The molecule has 0 fully saturated rings. The number of hydrogen-bond acceptors (Lipinski definition) is 4. The van der Waals surface area contributed by atoms with E-state index in [1.54, 1.807) is 0 Å². The van der Waals surface area contributed by atoms with Crippen LogP contribution < -0.4 is 0 Å². The number of carbonyl (C=O) groups excluding carboxylic acids is 1. The maximum atomic E-state index is 10.8. The highest BCUT2D eigenvalue weighted by atomic mass is 32.2. The molecule has 0 aromatic heterocycles. The number of carbonyl (C=O) groups is 1. The minimum atomic E-state index is -0.731. The molecule has 0 saturated carbocycles. The highest BCUT2D eigenvalue weighted by molar-refractivity contribution is 8.14. The lowest BCUT2D eigenvalue weighted by atomic mass is 10.2. The Labute approximate surface area is 76.5 Å². The van der Waals surface area contributed by atoms with E-state index in [2.05, 4.69) is 6.58 Å². The van der Waals surface area contributed by atoms with Gasteiger partial charge in [-0.25, -0.2) is 0 Å². The molecule has 0 aliphatic carbocycles. The molecular formula is C8H14O3S. The van der Waals surface area contributed by atoms with Crippen LogP contribution in [0.25, 0.3) is 0 Å². The van der Waals surface area contributed by atoms with Gasteiger partial charge in [-0.05, 0) is 12.5 Å². The van der Waals surface area contributed by atoms with Crippen LogP contribution in [0.15, 0.2) is 12.7 Å². The summed E-state index contributed by atoms with van der Waals surface area (Å²) in [6.07, 6.45) is 0.929. The van der Waals surface area contributed by atoms with Gasteiger partial charge in [-0.2, -0.15) is 0 Å². The van der Waals surface area contributed by atoms with Crippen molar-refractivity contribution < 1.29 is 15.0 Å². The second-order valence-corrected chi connectivity index (χ2v) is 3.97. The molecular weight excluding hydrogens is 176 g/mol. The summed E-state index contributed by atoms with van der Waals surface area (Å²) in [4.78, 5) is 10.8. The van der Waals surface area contributed by atoms with Gasteiger partial charge in [-0.15, -0.1) is 0 Å². The number of thioether (sulfide) groups is 1. The third-order valence-corrected chi connectivity index (χ3v) is 2.29. The van der Waals surface area contributed by atoms with E-state index in [0.29, 0.717) is 6.42 Å². The molecule has 0 aliphatic heterocycles. The second kappa shape index (κ2) is 6.22. The lowest BCUT2D eigenvalue weighted by Crippen LogP contribution is -2.17. The summed E-state index contributed by atoms with van der Waals surface area (Å²) >= 11 is 1.12. The molecule has 0 heterocycles. The lowest BCUT2D eigenvalue weighted by Gasteiger charge is -2.11. The molecule has 12 heavy (non-hydrogen) atoms. The zero-order valence-electron chi connectivity index (χ0n) is 7.06. The molecule has 0 radical (unpaired) electrons. The molecule has 0 spiro atoms. The zero-order valence-corrected chi connectivity index (χ0v) is 7.88. The van der Waals surface area contributed by atoms with Crippen molar-refractivity contribution in [3.8, 4) is 0 Å². The van der Waals surface area contributed by atoms with Crippen molar-refractivity contribution in [2.24, 2.45) is 0 Å². The Hall–Kier alpha value is -0.320. The Morgan fingerprint density at radius 2 is 2.33 bits per heavy atom. The maximum absolute atomic E-state index is 10.8. The average molecular weight is 190 g/mol. The molecule has 2 N–H and O–H groups in total. The molecule has 0 amide bonds. The summed E-state index contributed by atoms with van der Waals surface area (Å²) in [5.74, 6) is 0. The topological polar surface area (TPSA) is 57.5 Å². The predicted octanol–water partition coefficient (Wildman–Crippen LogP) is 0.564. The van der Waals surface area contributed by atoms with Crippen molar-refractivity contribution in [3.05, 3.63) is 12.7 Å². The van der Waals surface area contributed by atoms with Gasteiger partial charge >= 0.3 is 0 Å². The molecule has 3 nitrogen and oxygen atoms in total. The third kappa shape index (κ3) is 5.35. The van der Waals surface area contributed by atoms with Crippen LogP contribution >= 0.6 is 11.8 Å². The van der Waals surface area contributed by atoms with Crippen LogP contribution in [-0.2, 0) is 4.79 Å². The van der Waals surface area contributed by atoms with E-state index in [-0.39, 0.29) is 17.0 Å². The van der Waals surface area contributed by atoms with Crippen molar-refractivity contribution in [1.82, 2.24) is 0 Å². The van der Waals surface area contributed by atoms with E-state index in [1.165, 1.54) is 6.08 Å². The molecule has 0 saturated heterocycles. The number of rotatable bonds is 5. The van der Waals surface area contributed by atoms with E-state index >= 15 is 0 Å².